The van der Waals surface area contributed by atoms with E-state index in [1.165, 1.54) is 0 Å². The number of fused-ring (bicyclic) bond motifs is 1. The minimum Gasteiger partial charge on any atom is -0.369 e. The van der Waals surface area contributed by atoms with Crippen molar-refractivity contribution in [2.24, 2.45) is 16.6 Å². The quantitative estimate of drug-likeness (QED) is 0.456. The van der Waals surface area contributed by atoms with Crippen LogP contribution >= 0.6 is 0 Å². The third-order valence-electron chi connectivity index (χ3n) is 3.31. The molecule has 0 bridgehead atoms. The zero-order valence-electron chi connectivity index (χ0n) is 11.5. The van der Waals surface area contributed by atoms with E-state index in [9.17, 15) is 4.79 Å². The molecule has 1 amide bonds. The number of anilines is 1. The first-order chi connectivity index (χ1) is 9.54. The molecule has 0 fully saturated rings. The van der Waals surface area contributed by atoms with Crippen LogP contribution in [-0.4, -0.2) is 22.8 Å². The lowest BCUT2D eigenvalue weighted by atomic mass is 10.0. The number of nitrogens with zero attached hydrogens (tertiary/aromatic N) is 3. The molecule has 2 rings (SSSR count). The topological polar surface area (TPSA) is 94.5 Å². The summed E-state index contributed by atoms with van der Waals surface area (Å²) in [5.74, 6) is -0.0316. The summed E-state index contributed by atoms with van der Waals surface area (Å²) in [7, 11) is 0. The van der Waals surface area contributed by atoms with Gasteiger partial charge in [0.05, 0.1) is 0 Å². The second-order valence-electron chi connectivity index (χ2n) is 5.03. The summed E-state index contributed by atoms with van der Waals surface area (Å²) >= 11 is 0. The second kappa shape index (κ2) is 5.61. The maximum absolute atomic E-state index is 12.4. The van der Waals surface area contributed by atoms with Crippen molar-refractivity contribution < 1.29 is 4.79 Å². The van der Waals surface area contributed by atoms with E-state index in [1.54, 1.807) is 11.1 Å². The standard InChI is InChI=1S/C14H17N5O/c1-9(2)12-13(20)18-11-6-4-3-5-10(11)7-19(12)14(16)17-8-15/h3-6,9,12H,7H2,1-2H3,(H2,16,17)(H,18,20)/t12-/m0/s1. The fourth-order valence-corrected chi connectivity index (χ4v) is 2.41. The molecule has 1 aliphatic rings. The van der Waals surface area contributed by atoms with Crippen LogP contribution < -0.4 is 11.1 Å². The lowest BCUT2D eigenvalue weighted by molar-refractivity contribution is -0.121. The second-order valence-corrected chi connectivity index (χ2v) is 5.03. The number of guanidine groups is 1. The number of aliphatic imine (C=N–C) groups is 1. The van der Waals surface area contributed by atoms with E-state index < -0.39 is 6.04 Å². The summed E-state index contributed by atoms with van der Waals surface area (Å²) in [4.78, 5) is 17.6. The molecule has 1 aromatic carbocycles. The molecule has 1 aromatic rings. The number of hydrogen-bond donors (Lipinski definition) is 2. The molecule has 0 unspecified atom stereocenters. The number of amides is 1. The van der Waals surface area contributed by atoms with Crippen LogP contribution in [0.4, 0.5) is 5.69 Å². The minimum atomic E-state index is -0.459. The van der Waals surface area contributed by atoms with Gasteiger partial charge in [0.25, 0.3) is 0 Å². The molecule has 6 heteroatoms. The Hall–Kier alpha value is -2.55. The summed E-state index contributed by atoms with van der Waals surface area (Å²) < 4.78 is 0. The number of nitrogens with two attached hydrogens (primary N) is 1. The van der Waals surface area contributed by atoms with E-state index in [1.807, 2.05) is 38.1 Å². The number of carbonyl (C=O) groups excluding carboxylic acids is 1. The van der Waals surface area contributed by atoms with Gasteiger partial charge in [0.2, 0.25) is 18.1 Å². The maximum atomic E-state index is 12.4. The van der Waals surface area contributed by atoms with Gasteiger partial charge < -0.3 is 16.0 Å². The van der Waals surface area contributed by atoms with Crippen molar-refractivity contribution in [2.45, 2.75) is 26.4 Å². The molecular formula is C14H17N5O. The third-order valence-corrected chi connectivity index (χ3v) is 3.31. The van der Waals surface area contributed by atoms with Crippen LogP contribution in [0.15, 0.2) is 29.3 Å². The van der Waals surface area contributed by atoms with Crippen LogP contribution in [0.2, 0.25) is 0 Å². The highest BCUT2D eigenvalue weighted by Gasteiger charge is 2.33. The van der Waals surface area contributed by atoms with E-state index in [4.69, 9.17) is 11.0 Å². The number of nitrogens with one attached hydrogen (secondary N) is 1. The highest BCUT2D eigenvalue weighted by molar-refractivity contribution is 5.99. The van der Waals surface area contributed by atoms with Crippen molar-refractivity contribution in [3.8, 4) is 6.19 Å². The van der Waals surface area contributed by atoms with Crippen molar-refractivity contribution in [1.29, 1.82) is 5.26 Å². The molecule has 1 atom stereocenters. The Morgan fingerprint density at radius 3 is 2.90 bits per heavy atom. The monoisotopic (exact) mass is 271 g/mol. The number of rotatable bonds is 1. The fourth-order valence-electron chi connectivity index (χ4n) is 2.41. The van der Waals surface area contributed by atoms with Crippen LogP contribution in [0.3, 0.4) is 0 Å². The summed E-state index contributed by atoms with van der Waals surface area (Å²) in [5.41, 5.74) is 7.57. The van der Waals surface area contributed by atoms with Gasteiger partial charge in [0, 0.05) is 12.2 Å². The molecule has 0 spiro atoms. The van der Waals surface area contributed by atoms with Gasteiger partial charge in [-0.1, -0.05) is 32.0 Å². The SMILES string of the molecule is CC(C)[C@H]1C(=O)Nc2ccccc2CN1C(N)=NC#N. The number of nitriles is 1. The molecule has 1 heterocycles. The zero-order chi connectivity index (χ0) is 14.7. The van der Waals surface area contributed by atoms with E-state index in [2.05, 4.69) is 10.3 Å². The van der Waals surface area contributed by atoms with E-state index in [0.29, 0.717) is 6.54 Å². The lowest BCUT2D eigenvalue weighted by Gasteiger charge is -2.31. The molecule has 0 aliphatic carbocycles. The molecule has 20 heavy (non-hydrogen) atoms. The van der Waals surface area contributed by atoms with Crippen molar-refractivity contribution in [2.75, 3.05) is 5.32 Å². The Bertz CT molecular complexity index is 587. The van der Waals surface area contributed by atoms with Crippen molar-refractivity contribution in [3.05, 3.63) is 29.8 Å². The number of hydrogen-bond acceptors (Lipinski definition) is 3. The molecule has 0 aromatic heterocycles. The molecule has 6 nitrogen and oxygen atoms in total. The van der Waals surface area contributed by atoms with Crippen LogP contribution in [0, 0.1) is 17.4 Å². The summed E-state index contributed by atoms with van der Waals surface area (Å²) in [6, 6.07) is 7.08. The lowest BCUT2D eigenvalue weighted by Crippen LogP contribution is -2.51. The maximum Gasteiger partial charge on any atom is 0.247 e. The molecule has 1 aliphatic heterocycles. The summed E-state index contributed by atoms with van der Waals surface area (Å²) in [6.07, 6.45) is 1.67. The van der Waals surface area contributed by atoms with Gasteiger partial charge in [0.15, 0.2) is 0 Å². The number of para-hydroxylation sites is 1. The Kier molecular flexibility index (Phi) is 3.89. The smallest absolute Gasteiger partial charge is 0.247 e. The Morgan fingerprint density at radius 1 is 1.55 bits per heavy atom. The number of carbonyl (C=O) groups is 1. The van der Waals surface area contributed by atoms with Gasteiger partial charge in [-0.25, -0.2) is 0 Å². The van der Waals surface area contributed by atoms with Gasteiger partial charge in [-0.3, -0.25) is 4.79 Å². The Balaban J connectivity index is 2.48. The first-order valence-corrected chi connectivity index (χ1v) is 6.42. The van der Waals surface area contributed by atoms with E-state index in [-0.39, 0.29) is 17.8 Å². The average Bonchev–Trinajstić information content (AvgIpc) is 2.54. The molecule has 0 saturated heterocycles. The third kappa shape index (κ3) is 2.57. The molecule has 0 saturated carbocycles. The van der Waals surface area contributed by atoms with Gasteiger partial charge in [0.1, 0.15) is 6.04 Å². The predicted octanol–water partition coefficient (Wildman–Crippen LogP) is 1.26. The van der Waals surface area contributed by atoms with Crippen molar-refractivity contribution in [3.63, 3.8) is 0 Å². The Morgan fingerprint density at radius 2 is 2.25 bits per heavy atom. The minimum absolute atomic E-state index is 0.0387. The first-order valence-electron chi connectivity index (χ1n) is 6.42. The van der Waals surface area contributed by atoms with Crippen LogP contribution in [0.1, 0.15) is 19.4 Å². The summed E-state index contributed by atoms with van der Waals surface area (Å²) in [6.45, 7) is 4.31. The fraction of sp³-hybridized carbons (Fsp3) is 0.357. The summed E-state index contributed by atoms with van der Waals surface area (Å²) in [5, 5.41) is 11.6. The van der Waals surface area contributed by atoms with E-state index >= 15 is 0 Å². The van der Waals surface area contributed by atoms with Crippen molar-refractivity contribution in [1.82, 2.24) is 4.90 Å². The Labute approximate surface area is 117 Å². The van der Waals surface area contributed by atoms with Crippen LogP contribution in [-0.2, 0) is 11.3 Å². The van der Waals surface area contributed by atoms with Crippen LogP contribution in [0.25, 0.3) is 0 Å². The average molecular weight is 271 g/mol. The van der Waals surface area contributed by atoms with Crippen molar-refractivity contribution >= 4 is 17.6 Å². The van der Waals surface area contributed by atoms with Gasteiger partial charge >= 0.3 is 0 Å². The molecular weight excluding hydrogens is 254 g/mol. The number of benzene rings is 1. The molecule has 0 radical (unpaired) electrons. The van der Waals surface area contributed by atoms with Gasteiger partial charge in [-0.15, -0.1) is 4.99 Å². The van der Waals surface area contributed by atoms with Gasteiger partial charge in [-0.05, 0) is 17.5 Å². The molecule has 104 valence electrons. The van der Waals surface area contributed by atoms with E-state index in [0.717, 1.165) is 11.3 Å². The first kappa shape index (κ1) is 13.9. The molecule has 3 N–H and O–H groups in total. The highest BCUT2D eigenvalue weighted by atomic mass is 16.2. The van der Waals surface area contributed by atoms with Gasteiger partial charge in [-0.2, -0.15) is 5.26 Å². The predicted molar refractivity (Wildman–Crippen MR) is 76.5 cm³/mol. The normalized spacial score (nSPS) is 19.1. The van der Waals surface area contributed by atoms with Crippen LogP contribution in [0.5, 0.6) is 0 Å². The highest BCUT2D eigenvalue weighted by Crippen LogP contribution is 2.25. The zero-order valence-corrected chi connectivity index (χ0v) is 11.5. The largest absolute Gasteiger partial charge is 0.369 e.